The molecule has 2 nitrogen and oxygen atoms in total. The molecule has 12 aromatic rings. The van der Waals surface area contributed by atoms with Gasteiger partial charge in [-0.3, -0.25) is 0 Å². The molecule has 0 fully saturated rings. The second kappa shape index (κ2) is 13.7. The largest absolute Gasteiger partial charge is 0.309 e. The number of aromatic nitrogens is 2. The van der Waals surface area contributed by atoms with Crippen LogP contribution >= 0.6 is 0 Å². The van der Waals surface area contributed by atoms with E-state index < -0.39 is 0 Å². The number of hydrogen-bond donors (Lipinski definition) is 0. The topological polar surface area (TPSA) is 9.86 Å². The smallest absolute Gasteiger partial charge is 0.0541 e. The maximum Gasteiger partial charge on any atom is 0.0541 e. The summed E-state index contributed by atoms with van der Waals surface area (Å²) in [6, 6.07) is 85.1. The van der Waals surface area contributed by atoms with Crippen molar-refractivity contribution in [3.8, 4) is 78.1 Å². The summed E-state index contributed by atoms with van der Waals surface area (Å²) in [5, 5.41) is 4.97. The van der Waals surface area contributed by atoms with Gasteiger partial charge in [-0.15, -0.1) is 0 Å². The van der Waals surface area contributed by atoms with Gasteiger partial charge in [0.1, 0.15) is 0 Å². The number of benzene rings is 10. The van der Waals surface area contributed by atoms with Gasteiger partial charge in [0, 0.05) is 32.9 Å². The summed E-state index contributed by atoms with van der Waals surface area (Å²) >= 11 is 0. The molecule has 0 N–H and O–H groups in total. The second-order valence-corrected chi connectivity index (χ2v) is 16.4. The van der Waals surface area contributed by atoms with E-state index in [-0.39, 0.29) is 0 Å². The van der Waals surface area contributed by atoms with E-state index in [1.807, 2.05) is 0 Å². The molecule has 10 aromatic carbocycles. The molecular formula is C60H38N2. The van der Waals surface area contributed by atoms with Crippen molar-refractivity contribution in [3.05, 3.63) is 231 Å². The molecule has 0 atom stereocenters. The van der Waals surface area contributed by atoms with Crippen LogP contribution in [-0.2, 0) is 0 Å². The second-order valence-electron chi connectivity index (χ2n) is 16.4. The maximum atomic E-state index is 2.46. The van der Waals surface area contributed by atoms with Gasteiger partial charge in [-0.2, -0.15) is 0 Å². The quantitative estimate of drug-likeness (QED) is 0.168. The van der Waals surface area contributed by atoms with Gasteiger partial charge in [0.05, 0.1) is 22.1 Å². The Hall–Kier alpha value is -8.20. The summed E-state index contributed by atoms with van der Waals surface area (Å²) < 4.78 is 4.80. The molecule has 0 aliphatic heterocycles. The minimum atomic E-state index is 1.16. The van der Waals surface area contributed by atoms with E-state index in [0.29, 0.717) is 0 Å². The van der Waals surface area contributed by atoms with Crippen molar-refractivity contribution >= 4 is 43.6 Å². The third-order valence-corrected chi connectivity index (χ3v) is 13.1. The highest BCUT2D eigenvalue weighted by atomic mass is 15.0. The molecule has 288 valence electrons. The Labute approximate surface area is 359 Å². The molecule has 0 bridgehead atoms. The molecule has 0 saturated heterocycles. The minimum Gasteiger partial charge on any atom is -0.309 e. The van der Waals surface area contributed by atoms with Crippen LogP contribution in [0.25, 0.3) is 122 Å². The molecule has 0 unspecified atom stereocenters. The number of hydrogen-bond acceptors (Lipinski definition) is 0. The van der Waals surface area contributed by atoms with Crippen molar-refractivity contribution in [1.82, 2.24) is 9.13 Å². The molecule has 2 heterocycles. The number of rotatable bonds is 4. The van der Waals surface area contributed by atoms with Crippen molar-refractivity contribution in [2.24, 2.45) is 0 Å². The van der Waals surface area contributed by atoms with Crippen LogP contribution in [0.4, 0.5) is 0 Å². The van der Waals surface area contributed by atoms with E-state index in [1.165, 1.54) is 110 Å². The zero-order chi connectivity index (χ0) is 40.7. The lowest BCUT2D eigenvalue weighted by atomic mass is 9.77. The fourth-order valence-corrected chi connectivity index (χ4v) is 10.4. The first-order valence-electron chi connectivity index (χ1n) is 21.4. The third-order valence-electron chi connectivity index (χ3n) is 13.1. The molecule has 1 aliphatic rings. The zero-order valence-electron chi connectivity index (χ0n) is 33.8. The summed E-state index contributed by atoms with van der Waals surface area (Å²) in [6.45, 7) is 0. The third kappa shape index (κ3) is 5.17. The van der Waals surface area contributed by atoms with Crippen molar-refractivity contribution in [1.29, 1.82) is 0 Å². The average Bonchev–Trinajstić information content (AvgIpc) is 3.86. The molecule has 0 amide bonds. The Morgan fingerprint density at radius 2 is 0.581 bits per heavy atom. The SMILES string of the molecule is c1ccc(-n2c3ccccc3c3cc(-c4cc(-c5ccc6c(c5)c5ccccc5n6-c5ccccc5)c5c(c4)-c4ccccc4-c4ccccc4-c4ccccc4-5)ccc32)cc1. The predicted octanol–water partition coefficient (Wildman–Crippen LogP) is 16.2. The average molecular weight is 787 g/mol. The summed E-state index contributed by atoms with van der Waals surface area (Å²) in [5.41, 5.74) is 21.8. The van der Waals surface area contributed by atoms with Crippen molar-refractivity contribution < 1.29 is 0 Å². The molecule has 0 spiro atoms. The summed E-state index contributed by atoms with van der Waals surface area (Å²) in [4.78, 5) is 0. The van der Waals surface area contributed by atoms with E-state index in [9.17, 15) is 0 Å². The van der Waals surface area contributed by atoms with E-state index in [4.69, 9.17) is 0 Å². The van der Waals surface area contributed by atoms with Crippen LogP contribution < -0.4 is 0 Å². The van der Waals surface area contributed by atoms with Crippen molar-refractivity contribution in [2.75, 3.05) is 0 Å². The maximum absolute atomic E-state index is 2.46. The molecule has 1 aliphatic carbocycles. The molecule has 0 saturated carbocycles. The van der Waals surface area contributed by atoms with Gasteiger partial charge in [0.25, 0.3) is 0 Å². The Balaban J connectivity index is 1.13. The van der Waals surface area contributed by atoms with Crippen molar-refractivity contribution in [3.63, 3.8) is 0 Å². The minimum absolute atomic E-state index is 1.16. The predicted molar refractivity (Wildman–Crippen MR) is 261 cm³/mol. The van der Waals surface area contributed by atoms with Gasteiger partial charge in [0.15, 0.2) is 0 Å². The van der Waals surface area contributed by atoms with Gasteiger partial charge in [-0.1, -0.05) is 158 Å². The Morgan fingerprint density at radius 1 is 0.210 bits per heavy atom. The standard InChI is InChI=1S/C60H38N2/c1-3-17-42(18-4-1)61-56-29-15-13-26-49(56)53-35-39(31-33-58(53)61)41-37-52(40-32-34-59-54(36-40)50-27-14-16-30-57(50)62(59)43-19-5-2-6-20-43)60-51-28-12-11-24-47(51)45-22-8-7-21-44(45)46-23-9-10-25-48(46)55(60)38-41/h1-38H. The number of para-hydroxylation sites is 4. The molecular weight excluding hydrogens is 749 g/mol. The first kappa shape index (κ1) is 34.6. The summed E-state index contributed by atoms with van der Waals surface area (Å²) in [5.74, 6) is 0. The van der Waals surface area contributed by atoms with E-state index >= 15 is 0 Å². The van der Waals surface area contributed by atoms with Crippen LogP contribution in [0.15, 0.2) is 231 Å². The molecule has 2 aromatic heterocycles. The Morgan fingerprint density at radius 3 is 1.11 bits per heavy atom. The number of nitrogens with zero attached hydrogens (tertiary/aromatic N) is 2. The fraction of sp³-hybridized carbons (Fsp3) is 0. The molecule has 2 heteroatoms. The van der Waals surface area contributed by atoms with Crippen LogP contribution in [0.1, 0.15) is 0 Å². The van der Waals surface area contributed by atoms with Gasteiger partial charge >= 0.3 is 0 Å². The van der Waals surface area contributed by atoms with Gasteiger partial charge in [-0.25, -0.2) is 0 Å². The summed E-state index contributed by atoms with van der Waals surface area (Å²) in [6.07, 6.45) is 0. The highest BCUT2D eigenvalue weighted by molar-refractivity contribution is 6.14. The van der Waals surface area contributed by atoms with Gasteiger partial charge < -0.3 is 9.13 Å². The Kier molecular flexibility index (Phi) is 7.64. The van der Waals surface area contributed by atoms with Crippen LogP contribution in [0, 0.1) is 0 Å². The first-order valence-corrected chi connectivity index (χ1v) is 21.4. The highest BCUT2D eigenvalue weighted by Crippen LogP contribution is 2.52. The molecule has 62 heavy (non-hydrogen) atoms. The monoisotopic (exact) mass is 786 g/mol. The fourth-order valence-electron chi connectivity index (χ4n) is 10.4. The molecule has 0 radical (unpaired) electrons. The van der Waals surface area contributed by atoms with E-state index in [0.717, 1.165) is 11.4 Å². The van der Waals surface area contributed by atoms with Crippen LogP contribution in [0.5, 0.6) is 0 Å². The van der Waals surface area contributed by atoms with Crippen LogP contribution in [0.2, 0.25) is 0 Å². The van der Waals surface area contributed by atoms with Gasteiger partial charge in [-0.05, 0) is 140 Å². The molecule has 13 rings (SSSR count). The van der Waals surface area contributed by atoms with E-state index in [2.05, 4.69) is 240 Å². The Bertz CT molecular complexity index is 3740. The van der Waals surface area contributed by atoms with Crippen molar-refractivity contribution in [2.45, 2.75) is 0 Å². The first-order chi connectivity index (χ1) is 30.8. The zero-order valence-corrected chi connectivity index (χ0v) is 33.8. The number of fused-ring (bicyclic) bond motifs is 14. The van der Waals surface area contributed by atoms with Gasteiger partial charge in [0.2, 0.25) is 0 Å². The van der Waals surface area contributed by atoms with Crippen LogP contribution in [-0.4, -0.2) is 9.13 Å². The lowest BCUT2D eigenvalue weighted by molar-refractivity contribution is 1.18. The van der Waals surface area contributed by atoms with Crippen LogP contribution in [0.3, 0.4) is 0 Å². The summed E-state index contributed by atoms with van der Waals surface area (Å²) in [7, 11) is 0. The normalized spacial score (nSPS) is 11.9. The lowest BCUT2D eigenvalue weighted by Crippen LogP contribution is -2.00. The van der Waals surface area contributed by atoms with E-state index in [1.54, 1.807) is 0 Å². The highest BCUT2D eigenvalue weighted by Gasteiger charge is 2.26. The lowest BCUT2D eigenvalue weighted by Gasteiger charge is -2.26.